The normalized spacial score (nSPS) is 10.8. The SMILES string of the molecule is Brc1ccc(-c2cc(-c3ccccc3)nc(-c3ccccc3)n2)cc1.Brc1ccc(-c2cn3ccccc3n2)cc1.Brc1ccc(-c2nc3ccccc3n2-c2ccccc2)cc1.Brc1nc(-c2ccccc2)c2ccccc2n1. The zero-order valence-electron chi connectivity index (χ0n) is 42.6. The van der Waals surface area contributed by atoms with Gasteiger partial charge in [-0.3, -0.25) is 4.57 Å². The first-order chi connectivity index (χ1) is 39.3. The summed E-state index contributed by atoms with van der Waals surface area (Å²) in [5.41, 5.74) is 15.5. The Morgan fingerprint density at radius 2 is 0.800 bits per heavy atom. The minimum atomic E-state index is 0.620. The van der Waals surface area contributed by atoms with Crippen molar-refractivity contribution < 1.29 is 0 Å². The number of nitrogens with zero attached hydrogens (tertiary/aromatic N) is 8. The van der Waals surface area contributed by atoms with Gasteiger partial charge >= 0.3 is 0 Å². The lowest BCUT2D eigenvalue weighted by atomic mass is 10.1. The molecule has 0 atom stereocenters. The van der Waals surface area contributed by atoms with Crippen LogP contribution in [-0.2, 0) is 0 Å². The van der Waals surface area contributed by atoms with Crippen LogP contribution in [0.4, 0.5) is 0 Å². The van der Waals surface area contributed by atoms with E-state index in [4.69, 9.17) is 15.0 Å². The maximum atomic E-state index is 4.84. The van der Waals surface area contributed by atoms with Gasteiger partial charge in [0, 0.05) is 70.3 Å². The van der Waals surface area contributed by atoms with E-state index in [9.17, 15) is 0 Å². The molecule has 80 heavy (non-hydrogen) atoms. The molecule has 0 aliphatic heterocycles. The summed E-state index contributed by atoms with van der Waals surface area (Å²) in [6.07, 6.45) is 4.04. The molecule has 8 nitrogen and oxygen atoms in total. The van der Waals surface area contributed by atoms with Crippen LogP contribution in [0.5, 0.6) is 0 Å². The smallest absolute Gasteiger partial charge is 0.197 e. The van der Waals surface area contributed by atoms with Gasteiger partial charge in [-0.15, -0.1) is 0 Å². The lowest BCUT2D eigenvalue weighted by Gasteiger charge is -2.09. The molecule has 0 spiro atoms. The second kappa shape index (κ2) is 25.5. The van der Waals surface area contributed by atoms with Crippen LogP contribution in [0, 0.1) is 0 Å². The molecule has 14 aromatic rings. The number of hydrogen-bond donors (Lipinski definition) is 0. The van der Waals surface area contributed by atoms with Gasteiger partial charge in [0.05, 0.1) is 39.3 Å². The standard InChI is InChI=1S/C22H15BrN2.C19H13BrN2.C14H9BrN2.C13H9BrN2/c23-19-13-11-17(12-14-19)21-15-20(16-7-3-1-4-8-16)24-22(25-21)18-9-5-2-6-10-18;20-15-12-10-14(11-13-15)19-21-17-8-4-5-9-18(17)22(19)16-6-2-1-3-7-16;15-14-16-12-9-5-4-8-11(12)13(17-14)10-6-2-1-3-7-10;14-11-6-4-10(5-7-11)12-9-16-8-2-1-3-13(16)15-12/h1-15H;1-13H;1-9H;1-9H. The molecular formula is C68H46Br4N8. The average Bonchev–Trinajstić information content (AvgIpc) is 4.19. The van der Waals surface area contributed by atoms with Gasteiger partial charge in [-0.2, -0.15) is 0 Å². The van der Waals surface area contributed by atoms with Gasteiger partial charge < -0.3 is 4.40 Å². The minimum absolute atomic E-state index is 0.620. The number of halogens is 4. The fourth-order valence-electron chi connectivity index (χ4n) is 8.90. The Balaban J connectivity index is 0.000000114. The number of aromatic nitrogens is 8. The van der Waals surface area contributed by atoms with E-state index >= 15 is 0 Å². The van der Waals surface area contributed by atoms with Crippen molar-refractivity contribution in [3.8, 4) is 73.5 Å². The third-order valence-corrected chi connectivity index (χ3v) is 14.7. The van der Waals surface area contributed by atoms with Crippen LogP contribution in [0.25, 0.3) is 101 Å². The molecule has 0 aliphatic rings. The third-order valence-electron chi connectivity index (χ3n) is 12.8. The summed E-state index contributed by atoms with van der Waals surface area (Å²) in [7, 11) is 0. The molecule has 5 heterocycles. The van der Waals surface area contributed by atoms with Gasteiger partial charge in [0.25, 0.3) is 0 Å². The highest BCUT2D eigenvalue weighted by Gasteiger charge is 2.15. The van der Waals surface area contributed by atoms with E-state index in [1.54, 1.807) is 0 Å². The summed E-state index contributed by atoms with van der Waals surface area (Å²) in [6, 6.07) is 89.7. The molecule has 0 unspecified atom stereocenters. The molecule has 0 aliphatic carbocycles. The fraction of sp³-hybridized carbons (Fsp3) is 0. The highest BCUT2D eigenvalue weighted by molar-refractivity contribution is 9.11. The predicted molar refractivity (Wildman–Crippen MR) is 341 cm³/mol. The summed E-state index contributed by atoms with van der Waals surface area (Å²) in [6.45, 7) is 0. The van der Waals surface area contributed by atoms with Crippen LogP contribution in [0.15, 0.2) is 297 Å². The molecule has 14 rings (SSSR count). The average molecular weight is 1290 g/mol. The van der Waals surface area contributed by atoms with E-state index in [0.29, 0.717) is 4.73 Å². The Labute approximate surface area is 497 Å². The molecule has 386 valence electrons. The van der Waals surface area contributed by atoms with Crippen molar-refractivity contribution in [3.05, 3.63) is 297 Å². The van der Waals surface area contributed by atoms with Crippen molar-refractivity contribution in [2.75, 3.05) is 0 Å². The molecule has 0 amide bonds. The quantitative estimate of drug-likeness (QED) is 0.148. The van der Waals surface area contributed by atoms with E-state index < -0.39 is 0 Å². The van der Waals surface area contributed by atoms with Gasteiger partial charge in [-0.25, -0.2) is 29.9 Å². The summed E-state index contributed by atoms with van der Waals surface area (Å²) >= 11 is 13.8. The van der Waals surface area contributed by atoms with Gasteiger partial charge in [0.1, 0.15) is 11.5 Å². The first-order valence-electron chi connectivity index (χ1n) is 25.5. The minimum Gasteiger partial charge on any atom is -0.306 e. The van der Waals surface area contributed by atoms with Crippen LogP contribution in [0.3, 0.4) is 0 Å². The highest BCUT2D eigenvalue weighted by Crippen LogP contribution is 2.32. The summed E-state index contributed by atoms with van der Waals surface area (Å²) < 4.78 is 8.06. The molecule has 9 aromatic carbocycles. The number of hydrogen-bond acceptors (Lipinski definition) is 6. The number of imidazole rings is 2. The molecule has 0 N–H and O–H groups in total. The van der Waals surface area contributed by atoms with Crippen molar-refractivity contribution in [2.24, 2.45) is 0 Å². The Hall–Kier alpha value is -8.52. The lowest BCUT2D eigenvalue weighted by molar-refractivity contribution is 1.10. The van der Waals surface area contributed by atoms with Gasteiger partial charge in [-0.1, -0.05) is 230 Å². The topological polar surface area (TPSA) is 86.7 Å². The molecule has 0 saturated carbocycles. The van der Waals surface area contributed by atoms with Crippen molar-refractivity contribution in [3.63, 3.8) is 0 Å². The van der Waals surface area contributed by atoms with E-state index in [1.807, 2.05) is 181 Å². The molecule has 0 bridgehead atoms. The van der Waals surface area contributed by atoms with Crippen LogP contribution in [-0.4, -0.2) is 38.9 Å². The number of rotatable bonds is 7. The van der Waals surface area contributed by atoms with Crippen molar-refractivity contribution in [1.82, 2.24) is 38.9 Å². The van der Waals surface area contributed by atoms with Gasteiger partial charge in [0.2, 0.25) is 0 Å². The summed E-state index contributed by atoms with van der Waals surface area (Å²) in [5, 5.41) is 1.07. The zero-order chi connectivity index (χ0) is 54.6. The number of pyridine rings is 1. The predicted octanol–water partition coefficient (Wildman–Crippen LogP) is 19.5. The number of para-hydroxylation sites is 4. The molecular weight excluding hydrogens is 1250 g/mol. The molecule has 5 aromatic heterocycles. The fourth-order valence-corrected chi connectivity index (χ4v) is 10.1. The Kier molecular flexibility index (Phi) is 17.1. The van der Waals surface area contributed by atoms with Crippen LogP contribution in [0.2, 0.25) is 0 Å². The second-order valence-electron chi connectivity index (χ2n) is 18.1. The first-order valence-corrected chi connectivity index (χ1v) is 28.7. The third kappa shape index (κ3) is 13.0. The van der Waals surface area contributed by atoms with Crippen molar-refractivity contribution in [1.29, 1.82) is 0 Å². The highest BCUT2D eigenvalue weighted by atomic mass is 79.9. The first kappa shape index (κ1) is 53.5. The van der Waals surface area contributed by atoms with Crippen LogP contribution in [0.1, 0.15) is 0 Å². The van der Waals surface area contributed by atoms with E-state index in [-0.39, 0.29) is 0 Å². The van der Waals surface area contributed by atoms with E-state index in [0.717, 1.165) is 114 Å². The van der Waals surface area contributed by atoms with E-state index in [2.05, 4.69) is 186 Å². The zero-order valence-corrected chi connectivity index (χ0v) is 49.0. The molecule has 0 radical (unpaired) electrons. The Bertz CT molecular complexity index is 4220. The van der Waals surface area contributed by atoms with Crippen LogP contribution < -0.4 is 0 Å². The molecule has 0 saturated heterocycles. The van der Waals surface area contributed by atoms with Gasteiger partial charge in [-0.05, 0) is 101 Å². The monoisotopic (exact) mass is 1290 g/mol. The molecule has 12 heteroatoms. The van der Waals surface area contributed by atoms with Crippen LogP contribution >= 0.6 is 63.7 Å². The second-order valence-corrected chi connectivity index (χ2v) is 21.6. The number of benzene rings is 9. The summed E-state index contributed by atoms with van der Waals surface area (Å²) in [4.78, 5) is 27.8. The maximum absolute atomic E-state index is 4.84. The van der Waals surface area contributed by atoms with Gasteiger partial charge in [0.15, 0.2) is 10.6 Å². The van der Waals surface area contributed by atoms with Crippen molar-refractivity contribution in [2.45, 2.75) is 0 Å². The Morgan fingerprint density at radius 1 is 0.325 bits per heavy atom. The van der Waals surface area contributed by atoms with Crippen molar-refractivity contribution >= 4 is 91.3 Å². The Morgan fingerprint density at radius 3 is 1.40 bits per heavy atom. The largest absolute Gasteiger partial charge is 0.306 e. The van der Waals surface area contributed by atoms with E-state index in [1.165, 1.54) is 0 Å². The number of fused-ring (bicyclic) bond motifs is 3. The summed E-state index contributed by atoms with van der Waals surface area (Å²) in [5.74, 6) is 1.69. The lowest BCUT2D eigenvalue weighted by Crippen LogP contribution is -1.97. The maximum Gasteiger partial charge on any atom is 0.197 e. The molecule has 0 fully saturated rings.